The average molecular weight is 476 g/mol. The maximum absolute atomic E-state index is 13.1. The molecule has 2 heterocycles. The first-order valence-electron chi connectivity index (χ1n) is 11.4. The molecule has 1 aliphatic heterocycles. The fourth-order valence-electron chi connectivity index (χ4n) is 4.87. The van der Waals surface area contributed by atoms with Crippen LogP contribution in [0.1, 0.15) is 47.3 Å². The van der Waals surface area contributed by atoms with E-state index in [-0.39, 0.29) is 36.6 Å². The number of carbonyl (C=O) groups is 3. The van der Waals surface area contributed by atoms with Crippen LogP contribution in [-0.2, 0) is 9.53 Å². The van der Waals surface area contributed by atoms with Gasteiger partial charge in [-0.05, 0) is 52.3 Å². The van der Waals surface area contributed by atoms with Gasteiger partial charge in [-0.3, -0.25) is 14.9 Å². The van der Waals surface area contributed by atoms with Gasteiger partial charge in [-0.15, -0.1) is 0 Å². The van der Waals surface area contributed by atoms with Crippen molar-refractivity contribution in [3.05, 3.63) is 65.4 Å². The van der Waals surface area contributed by atoms with Crippen molar-refractivity contribution in [3.63, 3.8) is 0 Å². The number of carboxylic acids is 1. The molecule has 0 radical (unpaired) electrons. The number of anilines is 1. The number of rotatable bonds is 5. The molecule has 2 unspecified atom stereocenters. The Morgan fingerprint density at radius 1 is 1.06 bits per heavy atom. The molecule has 35 heavy (non-hydrogen) atoms. The van der Waals surface area contributed by atoms with Gasteiger partial charge in [0, 0.05) is 18.5 Å². The van der Waals surface area contributed by atoms with Crippen LogP contribution in [0.4, 0.5) is 10.6 Å². The fraction of sp³-hybridized carbons (Fsp3) is 0.320. The second-order valence-corrected chi connectivity index (χ2v) is 8.83. The van der Waals surface area contributed by atoms with Crippen LogP contribution in [0.3, 0.4) is 0 Å². The molecule has 2 amide bonds. The predicted octanol–water partition coefficient (Wildman–Crippen LogP) is 3.76. The molecular weight excluding hydrogens is 452 g/mol. The average Bonchev–Trinajstić information content (AvgIpc) is 3.45. The first kappa shape index (κ1) is 22.6. The number of carboxylic acid groups (broad SMARTS) is 1. The van der Waals surface area contributed by atoms with Crippen LogP contribution in [0.5, 0.6) is 0 Å². The molecule has 2 atom stereocenters. The Balaban J connectivity index is 1.27. The SMILES string of the molecule is CC1CCC(C(=O)O)CN1C(=O)c1nonc1NC(=O)OCC1c2ccccc2-c2ccccc21. The number of amides is 2. The third kappa shape index (κ3) is 4.23. The van der Waals surface area contributed by atoms with Crippen molar-refractivity contribution < 1.29 is 28.9 Å². The van der Waals surface area contributed by atoms with Gasteiger partial charge in [-0.2, -0.15) is 0 Å². The Kier molecular flexibility index (Phi) is 5.94. The topological polar surface area (TPSA) is 135 Å². The summed E-state index contributed by atoms with van der Waals surface area (Å²) in [4.78, 5) is 38.5. The minimum atomic E-state index is -0.954. The van der Waals surface area contributed by atoms with E-state index in [0.717, 1.165) is 22.3 Å². The monoisotopic (exact) mass is 476 g/mol. The number of aromatic nitrogens is 2. The number of nitrogens with one attached hydrogen (secondary N) is 1. The second kappa shape index (κ2) is 9.21. The van der Waals surface area contributed by atoms with Gasteiger partial charge in [-0.25, -0.2) is 9.42 Å². The molecule has 1 fully saturated rings. The lowest BCUT2D eigenvalue weighted by Gasteiger charge is -2.35. The van der Waals surface area contributed by atoms with Gasteiger partial charge >= 0.3 is 12.1 Å². The molecule has 10 nitrogen and oxygen atoms in total. The summed E-state index contributed by atoms with van der Waals surface area (Å²) in [5, 5.41) is 19.1. The summed E-state index contributed by atoms with van der Waals surface area (Å²) in [5.41, 5.74) is 4.18. The minimum Gasteiger partial charge on any atom is -0.481 e. The highest BCUT2D eigenvalue weighted by atomic mass is 16.6. The van der Waals surface area contributed by atoms with Crippen molar-refractivity contribution in [2.45, 2.75) is 31.7 Å². The van der Waals surface area contributed by atoms with Crippen molar-refractivity contribution in [1.29, 1.82) is 0 Å². The lowest BCUT2D eigenvalue weighted by atomic mass is 9.93. The van der Waals surface area contributed by atoms with E-state index in [2.05, 4.69) is 15.6 Å². The number of nitrogens with zero attached hydrogens (tertiary/aromatic N) is 3. The van der Waals surface area contributed by atoms with Crippen molar-refractivity contribution in [2.24, 2.45) is 5.92 Å². The third-order valence-electron chi connectivity index (χ3n) is 6.75. The number of likely N-dealkylation sites (tertiary alicyclic amines) is 1. The lowest BCUT2D eigenvalue weighted by molar-refractivity contribution is -0.143. The molecule has 0 bridgehead atoms. The Morgan fingerprint density at radius 2 is 1.71 bits per heavy atom. The van der Waals surface area contributed by atoms with E-state index in [1.165, 1.54) is 4.90 Å². The zero-order valence-corrected chi connectivity index (χ0v) is 19.0. The Hall–Kier alpha value is -4.21. The molecule has 1 saturated heterocycles. The number of ether oxygens (including phenoxy) is 1. The number of fused-ring (bicyclic) bond motifs is 3. The number of carbonyl (C=O) groups excluding carboxylic acids is 2. The molecule has 1 aliphatic carbocycles. The number of aliphatic carboxylic acids is 1. The first-order valence-corrected chi connectivity index (χ1v) is 11.4. The maximum Gasteiger partial charge on any atom is 0.412 e. The van der Waals surface area contributed by atoms with E-state index in [9.17, 15) is 19.5 Å². The molecule has 10 heteroatoms. The molecule has 0 spiro atoms. The molecule has 2 aromatic carbocycles. The van der Waals surface area contributed by atoms with Crippen molar-refractivity contribution in [3.8, 4) is 11.1 Å². The number of hydrogen-bond acceptors (Lipinski definition) is 7. The van der Waals surface area contributed by atoms with E-state index in [1.54, 1.807) is 0 Å². The van der Waals surface area contributed by atoms with Gasteiger partial charge in [-0.1, -0.05) is 48.5 Å². The van der Waals surface area contributed by atoms with Crippen LogP contribution >= 0.6 is 0 Å². The Bertz CT molecular complexity index is 1240. The summed E-state index contributed by atoms with van der Waals surface area (Å²) in [7, 11) is 0. The Labute approximate surface area is 200 Å². The molecule has 180 valence electrons. The highest BCUT2D eigenvalue weighted by Crippen LogP contribution is 2.44. The standard InChI is InChI=1S/C25H24N4O6/c1-14-10-11-15(24(31)32)12-29(14)23(30)21-22(28-35-27-21)26-25(33)34-13-20-18-8-4-2-6-16(18)17-7-3-5-9-19(17)20/h2-9,14-15,20H,10-13H2,1H3,(H,31,32)(H,26,28,33). The van der Waals surface area contributed by atoms with E-state index in [0.29, 0.717) is 12.8 Å². The molecular formula is C25H24N4O6. The van der Waals surface area contributed by atoms with Crippen molar-refractivity contribution in [1.82, 2.24) is 15.2 Å². The van der Waals surface area contributed by atoms with Crippen LogP contribution in [0.25, 0.3) is 11.1 Å². The maximum atomic E-state index is 13.1. The molecule has 3 aromatic rings. The van der Waals surface area contributed by atoms with Crippen LogP contribution in [0, 0.1) is 5.92 Å². The third-order valence-corrected chi connectivity index (χ3v) is 6.75. The summed E-state index contributed by atoms with van der Waals surface area (Å²) in [6.07, 6.45) is 0.234. The van der Waals surface area contributed by atoms with Gasteiger partial charge in [0.2, 0.25) is 11.5 Å². The molecule has 2 N–H and O–H groups in total. The zero-order valence-electron chi connectivity index (χ0n) is 19.0. The van der Waals surface area contributed by atoms with Crippen molar-refractivity contribution in [2.75, 3.05) is 18.5 Å². The first-order chi connectivity index (χ1) is 16.9. The highest BCUT2D eigenvalue weighted by molar-refractivity contribution is 6.00. The molecule has 1 aromatic heterocycles. The van der Waals surface area contributed by atoms with Crippen LogP contribution in [0.15, 0.2) is 53.2 Å². The van der Waals surface area contributed by atoms with Gasteiger partial charge in [0.1, 0.15) is 6.61 Å². The molecule has 5 rings (SSSR count). The summed E-state index contributed by atoms with van der Waals surface area (Å²) >= 11 is 0. The second-order valence-electron chi connectivity index (χ2n) is 8.83. The molecule has 2 aliphatic rings. The van der Waals surface area contributed by atoms with Gasteiger partial charge in [0.05, 0.1) is 5.92 Å². The quantitative estimate of drug-likeness (QED) is 0.568. The largest absolute Gasteiger partial charge is 0.481 e. The van der Waals surface area contributed by atoms with Crippen LogP contribution in [0.2, 0.25) is 0 Å². The predicted molar refractivity (Wildman–Crippen MR) is 124 cm³/mol. The zero-order chi connectivity index (χ0) is 24.5. The lowest BCUT2D eigenvalue weighted by Crippen LogP contribution is -2.47. The summed E-state index contributed by atoms with van der Waals surface area (Å²) in [6, 6.07) is 15.8. The molecule has 0 saturated carbocycles. The number of hydrogen-bond donors (Lipinski definition) is 2. The van der Waals surface area contributed by atoms with E-state index in [1.807, 2.05) is 55.5 Å². The smallest absolute Gasteiger partial charge is 0.412 e. The van der Waals surface area contributed by atoms with Gasteiger partial charge in [0.25, 0.3) is 5.91 Å². The van der Waals surface area contributed by atoms with Gasteiger partial charge in [0.15, 0.2) is 0 Å². The van der Waals surface area contributed by atoms with Gasteiger partial charge < -0.3 is 14.7 Å². The van der Waals surface area contributed by atoms with Crippen LogP contribution < -0.4 is 5.32 Å². The number of benzene rings is 2. The minimum absolute atomic E-state index is 0.0482. The highest BCUT2D eigenvalue weighted by Gasteiger charge is 2.36. The summed E-state index contributed by atoms with van der Waals surface area (Å²) in [6.45, 7) is 1.98. The Morgan fingerprint density at radius 3 is 2.37 bits per heavy atom. The number of piperidine rings is 1. The van der Waals surface area contributed by atoms with E-state index >= 15 is 0 Å². The van der Waals surface area contributed by atoms with E-state index < -0.39 is 23.9 Å². The van der Waals surface area contributed by atoms with E-state index in [4.69, 9.17) is 9.37 Å². The summed E-state index contributed by atoms with van der Waals surface area (Å²) in [5.74, 6) is -2.46. The summed E-state index contributed by atoms with van der Waals surface area (Å²) < 4.78 is 10.2. The normalized spacial score (nSPS) is 19.1. The van der Waals surface area contributed by atoms with Crippen molar-refractivity contribution >= 4 is 23.8 Å². The fourth-order valence-corrected chi connectivity index (χ4v) is 4.87. The van der Waals surface area contributed by atoms with Crippen LogP contribution in [-0.4, -0.2) is 57.5 Å².